The number of thioether (sulfide) groups is 1. The van der Waals surface area contributed by atoms with E-state index in [9.17, 15) is 9.59 Å². The predicted octanol–water partition coefficient (Wildman–Crippen LogP) is 3.19. The van der Waals surface area contributed by atoms with E-state index in [0.717, 1.165) is 11.1 Å². The number of nitrogens with zero attached hydrogens (tertiary/aromatic N) is 2. The molecule has 0 saturated carbocycles. The van der Waals surface area contributed by atoms with Crippen molar-refractivity contribution < 1.29 is 9.59 Å². The van der Waals surface area contributed by atoms with Crippen LogP contribution in [0.3, 0.4) is 0 Å². The van der Waals surface area contributed by atoms with E-state index in [-0.39, 0.29) is 5.75 Å². The molecule has 1 aromatic carbocycles. The monoisotopic (exact) mass is 377 g/mol. The van der Waals surface area contributed by atoms with Gasteiger partial charge in [-0.3, -0.25) is 10.1 Å². The van der Waals surface area contributed by atoms with E-state index >= 15 is 0 Å². The normalized spacial score (nSPS) is 10.2. The number of hydrogen-bond acceptors (Lipinski definition) is 7. The average Bonchev–Trinajstić information content (AvgIpc) is 3.01. The number of aromatic nitrogens is 2. The quantitative estimate of drug-likeness (QED) is 0.507. The average molecular weight is 377 g/mol. The van der Waals surface area contributed by atoms with Crippen molar-refractivity contribution in [1.82, 2.24) is 15.5 Å². The fraction of sp³-hybridized carbons (Fsp3) is 0.250. The first-order chi connectivity index (χ1) is 12.0. The highest BCUT2D eigenvalue weighted by atomic mass is 32.2. The summed E-state index contributed by atoms with van der Waals surface area (Å²) in [7, 11) is 0. The Morgan fingerprint density at radius 3 is 2.84 bits per heavy atom. The summed E-state index contributed by atoms with van der Waals surface area (Å²) in [6, 6.07) is 5.11. The number of imide groups is 1. The van der Waals surface area contributed by atoms with E-state index in [0.29, 0.717) is 21.7 Å². The number of urea groups is 1. The summed E-state index contributed by atoms with van der Waals surface area (Å²) in [4.78, 5) is 23.8. The van der Waals surface area contributed by atoms with Gasteiger partial charge in [-0.2, -0.15) is 0 Å². The van der Waals surface area contributed by atoms with Crippen LogP contribution in [0, 0.1) is 13.8 Å². The molecule has 0 unspecified atom stereocenters. The zero-order valence-corrected chi connectivity index (χ0v) is 15.6. The molecule has 2 rings (SSSR count). The Labute approximate surface area is 154 Å². The van der Waals surface area contributed by atoms with Crippen LogP contribution in [-0.2, 0) is 4.79 Å². The van der Waals surface area contributed by atoms with Crippen LogP contribution in [0.2, 0.25) is 0 Å². The van der Waals surface area contributed by atoms with E-state index < -0.39 is 11.9 Å². The molecule has 0 aliphatic carbocycles. The minimum Gasteiger partial charge on any atom is -0.357 e. The van der Waals surface area contributed by atoms with E-state index in [1.54, 1.807) is 6.08 Å². The van der Waals surface area contributed by atoms with E-state index in [4.69, 9.17) is 0 Å². The van der Waals surface area contributed by atoms with Crippen LogP contribution in [0.15, 0.2) is 35.2 Å². The summed E-state index contributed by atoms with van der Waals surface area (Å²) in [5.74, 6) is -0.320. The summed E-state index contributed by atoms with van der Waals surface area (Å²) < 4.78 is 0.650. The van der Waals surface area contributed by atoms with E-state index in [2.05, 4.69) is 32.7 Å². The molecule has 0 fully saturated rings. The highest BCUT2D eigenvalue weighted by molar-refractivity contribution is 8.01. The maximum Gasteiger partial charge on any atom is 0.325 e. The van der Waals surface area contributed by atoms with E-state index in [1.807, 2.05) is 32.0 Å². The molecule has 3 amide bonds. The van der Waals surface area contributed by atoms with Gasteiger partial charge in [-0.15, -0.1) is 16.8 Å². The molecule has 9 heteroatoms. The van der Waals surface area contributed by atoms with Crippen molar-refractivity contribution in [3.63, 3.8) is 0 Å². The minimum absolute atomic E-state index is 0.0798. The Morgan fingerprint density at radius 1 is 1.32 bits per heavy atom. The molecule has 2 aromatic rings. The summed E-state index contributed by atoms with van der Waals surface area (Å²) in [6.45, 7) is 8.07. The molecule has 0 aliphatic rings. The van der Waals surface area contributed by atoms with Crippen LogP contribution in [-0.4, -0.2) is 34.4 Å². The second-order valence-corrected chi connectivity index (χ2v) is 7.35. The summed E-state index contributed by atoms with van der Waals surface area (Å²) in [5, 5.41) is 16.6. The van der Waals surface area contributed by atoms with Gasteiger partial charge >= 0.3 is 6.03 Å². The Balaban J connectivity index is 1.78. The van der Waals surface area contributed by atoms with Gasteiger partial charge in [0, 0.05) is 12.2 Å². The molecule has 3 N–H and O–H groups in total. The zero-order chi connectivity index (χ0) is 18.2. The van der Waals surface area contributed by atoms with Crippen LogP contribution < -0.4 is 16.0 Å². The lowest BCUT2D eigenvalue weighted by Crippen LogP contribution is -2.35. The van der Waals surface area contributed by atoms with Gasteiger partial charge in [0.15, 0.2) is 4.34 Å². The molecule has 1 aromatic heterocycles. The number of carbonyl (C=O) groups is 2. The third-order valence-electron chi connectivity index (χ3n) is 3.01. The van der Waals surface area contributed by atoms with Crippen LogP contribution in [0.25, 0.3) is 0 Å². The Morgan fingerprint density at radius 2 is 2.12 bits per heavy atom. The lowest BCUT2D eigenvalue weighted by molar-refractivity contribution is -0.117. The molecule has 7 nitrogen and oxygen atoms in total. The van der Waals surface area contributed by atoms with Crippen molar-refractivity contribution in [2.75, 3.05) is 22.9 Å². The number of hydrogen-bond donors (Lipinski definition) is 3. The molecule has 132 valence electrons. The van der Waals surface area contributed by atoms with Crippen molar-refractivity contribution in [3.05, 3.63) is 42.0 Å². The van der Waals surface area contributed by atoms with Gasteiger partial charge in [-0.25, -0.2) is 4.79 Å². The second kappa shape index (κ2) is 9.19. The van der Waals surface area contributed by atoms with Crippen LogP contribution in [0.5, 0.6) is 0 Å². The first kappa shape index (κ1) is 18.9. The van der Waals surface area contributed by atoms with Gasteiger partial charge in [0.05, 0.1) is 5.75 Å². The fourth-order valence-corrected chi connectivity index (χ4v) is 3.46. The summed E-state index contributed by atoms with van der Waals surface area (Å²) in [5.41, 5.74) is 2.71. The fourth-order valence-electron chi connectivity index (χ4n) is 1.90. The van der Waals surface area contributed by atoms with Gasteiger partial charge in [-0.05, 0) is 25.5 Å². The Hall–Kier alpha value is -2.39. The number of carbonyl (C=O) groups excluding carboxylic acids is 2. The lowest BCUT2D eigenvalue weighted by Gasteiger charge is -2.09. The van der Waals surface area contributed by atoms with Crippen molar-refractivity contribution in [2.24, 2.45) is 0 Å². The molecule has 0 saturated heterocycles. The van der Waals surface area contributed by atoms with Crippen molar-refractivity contribution in [2.45, 2.75) is 18.2 Å². The van der Waals surface area contributed by atoms with Gasteiger partial charge in [0.2, 0.25) is 11.0 Å². The number of nitrogens with one attached hydrogen (secondary N) is 3. The molecule has 0 atom stereocenters. The largest absolute Gasteiger partial charge is 0.357 e. The maximum absolute atomic E-state index is 11.9. The molecular formula is C16H19N5O2S2. The standard InChI is InChI=1S/C16H19N5O2S2/c1-4-7-17-15-20-21-16(25-15)24-9-13(22)19-14(23)18-12-6-5-10(2)8-11(12)3/h4-6,8H,1,7,9H2,2-3H3,(H,17,20)(H2,18,19,22,23). The molecule has 0 bridgehead atoms. The first-order valence-corrected chi connectivity index (χ1v) is 9.27. The van der Waals surface area contributed by atoms with Crippen molar-refractivity contribution in [1.29, 1.82) is 0 Å². The SMILES string of the molecule is C=CCNc1nnc(SCC(=O)NC(=O)Nc2ccc(C)cc2C)s1. The number of anilines is 2. The highest BCUT2D eigenvalue weighted by Crippen LogP contribution is 2.25. The number of rotatable bonds is 7. The topological polar surface area (TPSA) is 96.0 Å². The Bertz CT molecular complexity index is 776. The first-order valence-electron chi connectivity index (χ1n) is 7.47. The zero-order valence-electron chi connectivity index (χ0n) is 14.0. The molecular weight excluding hydrogens is 358 g/mol. The number of aryl methyl sites for hydroxylation is 2. The van der Waals surface area contributed by atoms with Gasteiger partial charge in [0.1, 0.15) is 0 Å². The molecule has 0 spiro atoms. The van der Waals surface area contributed by atoms with Gasteiger partial charge in [-0.1, -0.05) is 46.9 Å². The smallest absolute Gasteiger partial charge is 0.325 e. The number of benzene rings is 1. The highest BCUT2D eigenvalue weighted by Gasteiger charge is 2.11. The summed E-state index contributed by atoms with van der Waals surface area (Å²) >= 11 is 2.56. The van der Waals surface area contributed by atoms with Crippen molar-refractivity contribution in [3.8, 4) is 0 Å². The Kier molecular flexibility index (Phi) is 6.96. The summed E-state index contributed by atoms with van der Waals surface area (Å²) in [6.07, 6.45) is 1.72. The molecule has 25 heavy (non-hydrogen) atoms. The lowest BCUT2D eigenvalue weighted by atomic mass is 10.1. The molecule has 1 heterocycles. The minimum atomic E-state index is -0.553. The van der Waals surface area contributed by atoms with Gasteiger partial charge < -0.3 is 10.6 Å². The van der Waals surface area contributed by atoms with E-state index in [1.165, 1.54) is 23.1 Å². The maximum atomic E-state index is 11.9. The van der Waals surface area contributed by atoms with Crippen LogP contribution in [0.4, 0.5) is 15.6 Å². The predicted molar refractivity (Wildman–Crippen MR) is 102 cm³/mol. The third-order valence-corrected chi connectivity index (χ3v) is 5.03. The van der Waals surface area contributed by atoms with Crippen LogP contribution in [0.1, 0.15) is 11.1 Å². The van der Waals surface area contributed by atoms with Crippen LogP contribution >= 0.6 is 23.1 Å². The van der Waals surface area contributed by atoms with Gasteiger partial charge in [0.25, 0.3) is 0 Å². The molecule has 0 radical (unpaired) electrons. The number of amides is 3. The molecule has 0 aliphatic heterocycles. The van der Waals surface area contributed by atoms with Crippen molar-refractivity contribution >= 4 is 45.9 Å². The second-order valence-electron chi connectivity index (χ2n) is 5.15. The third kappa shape index (κ3) is 6.20.